The van der Waals surface area contributed by atoms with E-state index < -0.39 is 0 Å². The van der Waals surface area contributed by atoms with Crippen LogP contribution in [0.1, 0.15) is 11.1 Å². The summed E-state index contributed by atoms with van der Waals surface area (Å²) in [6.45, 7) is 0. The molecule has 0 fully saturated rings. The van der Waals surface area contributed by atoms with E-state index in [0.29, 0.717) is 0 Å². The zero-order valence-corrected chi connectivity index (χ0v) is 11.6. The van der Waals surface area contributed by atoms with E-state index in [0.717, 1.165) is 0 Å². The molecule has 2 nitrogen and oxygen atoms in total. The van der Waals surface area contributed by atoms with Gasteiger partial charge < -0.3 is 0 Å². The molecule has 19 heavy (non-hydrogen) atoms. The molecule has 0 radical (unpaired) electrons. The summed E-state index contributed by atoms with van der Waals surface area (Å²) < 4.78 is 1.97. The lowest BCUT2D eigenvalue weighted by Crippen LogP contribution is -2.29. The van der Waals surface area contributed by atoms with Gasteiger partial charge in [0.05, 0.1) is 0 Å². The topological polar surface area (TPSA) is 17.8 Å². The van der Waals surface area contributed by atoms with Crippen molar-refractivity contribution in [3.05, 3.63) is 90.3 Å². The maximum Gasteiger partial charge on any atom is 0.125 e. The molecule has 3 heteroatoms. The van der Waals surface area contributed by atoms with Crippen molar-refractivity contribution in [2.24, 2.45) is 0 Å². The minimum Gasteiger partial charge on any atom is -0.254 e. The summed E-state index contributed by atoms with van der Waals surface area (Å²) in [5.74, 6) is 0. The van der Waals surface area contributed by atoms with Crippen LogP contribution in [0.2, 0.25) is 0 Å². The highest BCUT2D eigenvalue weighted by atomic mass is 31.0. The first-order valence-electron chi connectivity index (χ1n) is 6.22. The molecule has 94 valence electrons. The minimum atomic E-state index is -0.369. The summed E-state index contributed by atoms with van der Waals surface area (Å²) in [7, 11) is 2.95. The Morgan fingerprint density at radius 2 is 1.32 bits per heavy atom. The molecule has 1 aromatic heterocycles. The molecule has 0 N–H and O–H groups in total. The Labute approximate surface area is 115 Å². The molecule has 1 atom stereocenters. The number of hydrogen-bond acceptors (Lipinski definition) is 1. The van der Waals surface area contributed by atoms with Crippen LogP contribution < -0.4 is 0 Å². The molecule has 0 saturated heterocycles. The second kappa shape index (κ2) is 4.99. The minimum absolute atomic E-state index is 0.369. The molecule has 1 heterocycles. The highest BCUT2D eigenvalue weighted by Gasteiger charge is 2.31. The van der Waals surface area contributed by atoms with Crippen molar-refractivity contribution in [1.82, 2.24) is 9.78 Å². The molecular formula is C16H15N2P. The third kappa shape index (κ3) is 2.09. The standard InChI is InChI=1S/C16H15N2P/c19-16(18-13-7-12-17-18,14-8-3-1-4-9-14)15-10-5-2-6-11-15/h1-13H,19H2. The van der Waals surface area contributed by atoms with E-state index in [-0.39, 0.29) is 5.28 Å². The van der Waals surface area contributed by atoms with E-state index in [4.69, 9.17) is 0 Å². The van der Waals surface area contributed by atoms with E-state index >= 15 is 0 Å². The summed E-state index contributed by atoms with van der Waals surface area (Å²) in [5, 5.41) is 4.07. The van der Waals surface area contributed by atoms with Crippen LogP contribution in [0.5, 0.6) is 0 Å². The number of rotatable bonds is 3. The first-order valence-corrected chi connectivity index (χ1v) is 6.79. The monoisotopic (exact) mass is 266 g/mol. The SMILES string of the molecule is PC(c1ccccc1)(c1ccccc1)n1cccn1. The van der Waals surface area contributed by atoms with Crippen LogP contribution in [0.3, 0.4) is 0 Å². The van der Waals surface area contributed by atoms with Crippen molar-refractivity contribution in [1.29, 1.82) is 0 Å². The fraction of sp³-hybridized carbons (Fsp3) is 0.0625. The molecule has 3 aromatic rings. The highest BCUT2D eigenvalue weighted by Crippen LogP contribution is 2.39. The van der Waals surface area contributed by atoms with Crippen molar-refractivity contribution in [3.63, 3.8) is 0 Å². The summed E-state index contributed by atoms with van der Waals surface area (Å²) >= 11 is 0. The molecule has 0 aliphatic rings. The third-order valence-electron chi connectivity index (χ3n) is 3.29. The highest BCUT2D eigenvalue weighted by molar-refractivity contribution is 7.18. The van der Waals surface area contributed by atoms with Crippen LogP contribution in [-0.2, 0) is 5.28 Å². The molecule has 0 bridgehead atoms. The van der Waals surface area contributed by atoms with Gasteiger partial charge in [-0.15, -0.1) is 0 Å². The summed E-state index contributed by atoms with van der Waals surface area (Å²) in [6.07, 6.45) is 3.80. The average molecular weight is 266 g/mol. The van der Waals surface area contributed by atoms with E-state index in [1.165, 1.54) is 11.1 Å². The summed E-state index contributed by atoms with van der Waals surface area (Å²) in [6, 6.07) is 22.7. The van der Waals surface area contributed by atoms with Crippen LogP contribution in [0.15, 0.2) is 79.1 Å². The maximum absolute atomic E-state index is 4.44. The lowest BCUT2D eigenvalue weighted by molar-refractivity contribution is 0.544. The van der Waals surface area contributed by atoms with Gasteiger partial charge in [0.25, 0.3) is 0 Å². The Morgan fingerprint density at radius 3 is 1.74 bits per heavy atom. The Morgan fingerprint density at radius 1 is 0.789 bits per heavy atom. The molecule has 1 unspecified atom stereocenters. The Bertz CT molecular complexity index is 594. The van der Waals surface area contributed by atoms with Crippen LogP contribution >= 0.6 is 9.24 Å². The molecule has 0 aliphatic heterocycles. The zero-order valence-electron chi connectivity index (χ0n) is 10.5. The molecule has 3 rings (SSSR count). The predicted octanol–water partition coefficient (Wildman–Crippen LogP) is 3.51. The van der Waals surface area contributed by atoms with Gasteiger partial charge in [-0.1, -0.05) is 69.9 Å². The van der Waals surface area contributed by atoms with Crippen molar-refractivity contribution in [2.45, 2.75) is 5.28 Å². The van der Waals surface area contributed by atoms with Crippen LogP contribution in [0, 0.1) is 0 Å². The van der Waals surface area contributed by atoms with Crippen molar-refractivity contribution in [2.75, 3.05) is 0 Å². The number of benzene rings is 2. The van der Waals surface area contributed by atoms with Crippen LogP contribution in [0.4, 0.5) is 0 Å². The van der Waals surface area contributed by atoms with Gasteiger partial charge >= 0.3 is 0 Å². The zero-order chi connectivity index (χ0) is 13.1. The van der Waals surface area contributed by atoms with Gasteiger partial charge in [0.2, 0.25) is 0 Å². The van der Waals surface area contributed by atoms with E-state index in [1.54, 1.807) is 0 Å². The van der Waals surface area contributed by atoms with Crippen molar-refractivity contribution >= 4 is 9.24 Å². The van der Waals surface area contributed by atoms with Gasteiger partial charge in [0.15, 0.2) is 0 Å². The second-order valence-electron chi connectivity index (χ2n) is 4.45. The van der Waals surface area contributed by atoms with E-state index in [2.05, 4.69) is 62.9 Å². The van der Waals surface area contributed by atoms with E-state index in [9.17, 15) is 0 Å². The summed E-state index contributed by atoms with van der Waals surface area (Å²) in [4.78, 5) is 0. The molecule has 0 amide bonds. The quantitative estimate of drug-likeness (QED) is 0.663. The Hall–Kier alpha value is -1.92. The second-order valence-corrected chi connectivity index (χ2v) is 5.28. The van der Waals surface area contributed by atoms with Crippen molar-refractivity contribution < 1.29 is 0 Å². The predicted molar refractivity (Wildman–Crippen MR) is 81.0 cm³/mol. The summed E-state index contributed by atoms with van der Waals surface area (Å²) in [5.41, 5.74) is 2.38. The maximum atomic E-state index is 4.44. The first-order chi connectivity index (χ1) is 9.32. The van der Waals surface area contributed by atoms with Gasteiger partial charge in [-0.2, -0.15) is 5.10 Å². The molecule has 0 saturated carbocycles. The van der Waals surface area contributed by atoms with E-state index in [1.807, 2.05) is 35.3 Å². The van der Waals surface area contributed by atoms with Crippen molar-refractivity contribution in [3.8, 4) is 0 Å². The largest absolute Gasteiger partial charge is 0.254 e. The lowest BCUT2D eigenvalue weighted by atomic mass is 9.98. The molecule has 2 aromatic carbocycles. The molecule has 0 spiro atoms. The van der Waals surface area contributed by atoms with Crippen LogP contribution in [-0.4, -0.2) is 9.78 Å². The molecule has 0 aliphatic carbocycles. The number of aromatic nitrogens is 2. The van der Waals surface area contributed by atoms with Gasteiger partial charge in [-0.25, -0.2) is 0 Å². The fourth-order valence-electron chi connectivity index (χ4n) is 2.29. The lowest BCUT2D eigenvalue weighted by Gasteiger charge is -2.31. The fourth-order valence-corrected chi connectivity index (χ4v) is 2.83. The number of hydrogen-bond donors (Lipinski definition) is 0. The van der Waals surface area contributed by atoms with Gasteiger partial charge in [-0.05, 0) is 17.2 Å². The molecular weight excluding hydrogens is 251 g/mol. The van der Waals surface area contributed by atoms with Crippen LogP contribution in [0.25, 0.3) is 0 Å². The van der Waals surface area contributed by atoms with Gasteiger partial charge in [0.1, 0.15) is 5.28 Å². The van der Waals surface area contributed by atoms with Gasteiger partial charge in [0, 0.05) is 12.4 Å². The average Bonchev–Trinajstić information content (AvgIpc) is 3.03. The number of nitrogens with zero attached hydrogens (tertiary/aromatic N) is 2. The van der Waals surface area contributed by atoms with Gasteiger partial charge in [-0.3, -0.25) is 4.68 Å². The smallest absolute Gasteiger partial charge is 0.125 e. The third-order valence-corrected chi connectivity index (χ3v) is 4.22. The first kappa shape index (κ1) is 12.1. The Kier molecular flexibility index (Phi) is 3.18. The normalized spacial score (nSPS) is 11.4. The Balaban J connectivity index is 2.23.